The van der Waals surface area contributed by atoms with Crippen molar-refractivity contribution < 1.29 is 14.7 Å². The highest BCUT2D eigenvalue weighted by Crippen LogP contribution is 2.29. The van der Waals surface area contributed by atoms with Crippen molar-refractivity contribution >= 4 is 17.5 Å². The van der Waals surface area contributed by atoms with Gasteiger partial charge in [0.1, 0.15) is 6.04 Å². The average Bonchev–Trinajstić information content (AvgIpc) is 3.36. The van der Waals surface area contributed by atoms with Crippen LogP contribution in [0, 0.1) is 5.92 Å². The van der Waals surface area contributed by atoms with Gasteiger partial charge in [0, 0.05) is 11.6 Å². The van der Waals surface area contributed by atoms with Crippen molar-refractivity contribution in [3.8, 4) is 0 Å². The van der Waals surface area contributed by atoms with Crippen LogP contribution in [0.2, 0.25) is 0 Å². The lowest BCUT2D eigenvalue weighted by Crippen LogP contribution is -2.50. The first-order valence-electron chi connectivity index (χ1n) is 8.37. The molecule has 23 heavy (non-hydrogen) atoms. The predicted octanol–water partition coefficient (Wildman–Crippen LogP) is 2.03. The fourth-order valence-corrected chi connectivity index (χ4v) is 2.50. The van der Waals surface area contributed by atoms with Crippen molar-refractivity contribution in [3.63, 3.8) is 0 Å². The lowest BCUT2D eigenvalue weighted by molar-refractivity contribution is -0.129. The van der Waals surface area contributed by atoms with E-state index in [1.54, 1.807) is 0 Å². The van der Waals surface area contributed by atoms with Crippen LogP contribution in [0.15, 0.2) is 18.2 Å². The maximum absolute atomic E-state index is 12.5. The zero-order valence-corrected chi connectivity index (χ0v) is 14.1. The van der Waals surface area contributed by atoms with E-state index in [1.807, 2.05) is 19.1 Å². The lowest BCUT2D eigenvalue weighted by atomic mass is 10.0. The number of carbonyl (C=O) groups excluding carboxylic acids is 2. The molecule has 5 nitrogen and oxygen atoms in total. The summed E-state index contributed by atoms with van der Waals surface area (Å²) in [6.45, 7) is 5.60. The number of anilines is 1. The van der Waals surface area contributed by atoms with Gasteiger partial charge in [-0.1, -0.05) is 26.0 Å². The molecule has 0 aromatic heterocycles. The van der Waals surface area contributed by atoms with E-state index in [-0.39, 0.29) is 17.7 Å². The van der Waals surface area contributed by atoms with Crippen molar-refractivity contribution in [1.29, 1.82) is 0 Å². The fraction of sp³-hybridized carbons (Fsp3) is 0.556. The number of carbonyl (C=O) groups is 2. The molecule has 3 N–H and O–H groups in total. The van der Waals surface area contributed by atoms with Gasteiger partial charge in [-0.2, -0.15) is 0 Å². The molecule has 1 aromatic carbocycles. The second-order valence-corrected chi connectivity index (χ2v) is 6.19. The van der Waals surface area contributed by atoms with E-state index in [9.17, 15) is 14.7 Å². The molecular formula is C18H26N2O3. The first-order chi connectivity index (χ1) is 11.0. The summed E-state index contributed by atoms with van der Waals surface area (Å²) in [4.78, 5) is 24.4. The van der Waals surface area contributed by atoms with Crippen LogP contribution in [-0.2, 0) is 22.4 Å². The van der Waals surface area contributed by atoms with Crippen LogP contribution in [0.3, 0.4) is 0 Å². The topological polar surface area (TPSA) is 78.4 Å². The van der Waals surface area contributed by atoms with E-state index in [0.717, 1.165) is 42.5 Å². The van der Waals surface area contributed by atoms with Crippen LogP contribution in [-0.4, -0.2) is 29.1 Å². The molecule has 2 rings (SSSR count). The molecule has 1 aliphatic rings. The van der Waals surface area contributed by atoms with Crippen LogP contribution in [0.4, 0.5) is 5.69 Å². The number of amides is 2. The van der Waals surface area contributed by atoms with Crippen LogP contribution in [0.5, 0.6) is 0 Å². The second-order valence-electron chi connectivity index (χ2n) is 6.19. The van der Waals surface area contributed by atoms with E-state index in [2.05, 4.69) is 23.6 Å². The minimum absolute atomic E-state index is 0.00123. The summed E-state index contributed by atoms with van der Waals surface area (Å²) in [5, 5.41) is 15.4. The molecule has 0 spiro atoms. The van der Waals surface area contributed by atoms with Crippen molar-refractivity contribution in [1.82, 2.24) is 5.32 Å². The van der Waals surface area contributed by atoms with Gasteiger partial charge in [0.05, 0.1) is 6.10 Å². The van der Waals surface area contributed by atoms with Crippen molar-refractivity contribution in [3.05, 3.63) is 29.3 Å². The van der Waals surface area contributed by atoms with Crippen LogP contribution in [0.25, 0.3) is 0 Å². The number of rotatable bonds is 7. The number of aliphatic hydroxyl groups is 1. The van der Waals surface area contributed by atoms with Gasteiger partial charge in [0.25, 0.3) is 0 Å². The highest BCUT2D eigenvalue weighted by atomic mass is 16.3. The lowest BCUT2D eigenvalue weighted by Gasteiger charge is -2.22. The van der Waals surface area contributed by atoms with Crippen molar-refractivity contribution in [2.24, 2.45) is 5.92 Å². The van der Waals surface area contributed by atoms with Gasteiger partial charge >= 0.3 is 0 Å². The summed E-state index contributed by atoms with van der Waals surface area (Å²) < 4.78 is 0. The maximum Gasteiger partial charge on any atom is 0.249 e. The Morgan fingerprint density at radius 1 is 1.26 bits per heavy atom. The molecule has 2 atom stereocenters. The van der Waals surface area contributed by atoms with Crippen LogP contribution in [0.1, 0.15) is 44.7 Å². The minimum atomic E-state index is -0.947. The van der Waals surface area contributed by atoms with Gasteiger partial charge in [-0.15, -0.1) is 0 Å². The van der Waals surface area contributed by atoms with Crippen LogP contribution >= 0.6 is 0 Å². The molecule has 1 saturated carbocycles. The Hall–Kier alpha value is -1.88. The summed E-state index contributed by atoms with van der Waals surface area (Å²) in [6, 6.07) is 5.08. The summed E-state index contributed by atoms with van der Waals surface area (Å²) in [7, 11) is 0. The summed E-state index contributed by atoms with van der Waals surface area (Å²) in [6.07, 6.45) is 2.45. The van der Waals surface area contributed by atoms with Crippen molar-refractivity contribution in [2.45, 2.75) is 58.6 Å². The van der Waals surface area contributed by atoms with Crippen LogP contribution < -0.4 is 10.6 Å². The molecule has 2 unspecified atom stereocenters. The third-order valence-corrected chi connectivity index (χ3v) is 4.23. The molecule has 0 aliphatic heterocycles. The van der Waals surface area contributed by atoms with E-state index in [1.165, 1.54) is 6.92 Å². The fourth-order valence-electron chi connectivity index (χ4n) is 2.50. The zero-order chi connectivity index (χ0) is 17.0. The smallest absolute Gasteiger partial charge is 0.249 e. The molecule has 1 aromatic rings. The van der Waals surface area contributed by atoms with Gasteiger partial charge in [-0.3, -0.25) is 9.59 Å². The molecule has 0 radical (unpaired) electrons. The number of benzene rings is 1. The van der Waals surface area contributed by atoms with Gasteiger partial charge < -0.3 is 15.7 Å². The standard InChI is InChI=1S/C18H26N2O3/c1-4-12-6-7-13(5-2)15(10-12)19-18(23)16(11(3)21)20-17(22)14-8-9-14/h6-7,10-11,14,16,21H,4-5,8-9H2,1-3H3,(H,19,23)(H,20,22). The molecule has 0 bridgehead atoms. The highest BCUT2D eigenvalue weighted by Gasteiger charge is 2.34. The number of aryl methyl sites for hydroxylation is 2. The molecule has 1 fully saturated rings. The van der Waals surface area contributed by atoms with E-state index >= 15 is 0 Å². The van der Waals surface area contributed by atoms with Gasteiger partial charge in [-0.05, 0) is 49.8 Å². The van der Waals surface area contributed by atoms with E-state index in [0.29, 0.717) is 0 Å². The predicted molar refractivity (Wildman–Crippen MR) is 90.2 cm³/mol. The summed E-state index contributed by atoms with van der Waals surface area (Å²) in [5.41, 5.74) is 2.92. The minimum Gasteiger partial charge on any atom is -0.391 e. The highest BCUT2D eigenvalue weighted by molar-refractivity contribution is 5.98. The number of hydrogen-bond acceptors (Lipinski definition) is 3. The largest absolute Gasteiger partial charge is 0.391 e. The average molecular weight is 318 g/mol. The molecule has 1 aliphatic carbocycles. The summed E-state index contributed by atoms with van der Waals surface area (Å²) in [5.74, 6) is -0.528. The van der Waals surface area contributed by atoms with Crippen molar-refractivity contribution in [2.75, 3.05) is 5.32 Å². The first kappa shape index (κ1) is 17.5. The van der Waals surface area contributed by atoms with Gasteiger partial charge in [-0.25, -0.2) is 0 Å². The number of hydrogen-bond donors (Lipinski definition) is 3. The quantitative estimate of drug-likeness (QED) is 0.720. The maximum atomic E-state index is 12.5. The molecule has 0 saturated heterocycles. The second kappa shape index (κ2) is 7.59. The Kier molecular flexibility index (Phi) is 5.77. The Bertz CT molecular complexity index is 580. The Morgan fingerprint density at radius 2 is 1.96 bits per heavy atom. The molecule has 5 heteroatoms. The molecular weight excluding hydrogens is 292 g/mol. The normalized spacial score (nSPS) is 16.5. The Balaban J connectivity index is 2.12. The van der Waals surface area contributed by atoms with Gasteiger partial charge in [0.15, 0.2) is 0 Å². The molecule has 0 heterocycles. The summed E-state index contributed by atoms with van der Waals surface area (Å²) >= 11 is 0. The number of nitrogens with one attached hydrogen (secondary N) is 2. The first-order valence-corrected chi connectivity index (χ1v) is 8.37. The third-order valence-electron chi connectivity index (χ3n) is 4.23. The number of aliphatic hydroxyl groups excluding tert-OH is 1. The third kappa shape index (κ3) is 4.55. The Labute approximate surface area is 137 Å². The zero-order valence-electron chi connectivity index (χ0n) is 14.1. The Morgan fingerprint density at radius 3 is 2.48 bits per heavy atom. The molecule has 126 valence electrons. The van der Waals surface area contributed by atoms with Gasteiger partial charge in [0.2, 0.25) is 11.8 Å². The SMILES string of the molecule is CCc1ccc(CC)c(NC(=O)C(NC(=O)C2CC2)C(C)O)c1. The molecule has 2 amide bonds. The monoisotopic (exact) mass is 318 g/mol. The van der Waals surface area contributed by atoms with E-state index in [4.69, 9.17) is 0 Å². The van der Waals surface area contributed by atoms with E-state index < -0.39 is 12.1 Å².